The zero-order valence-corrected chi connectivity index (χ0v) is 12.4. The molecule has 2 unspecified atom stereocenters. The van der Waals surface area contributed by atoms with Gasteiger partial charge in [0.1, 0.15) is 0 Å². The Morgan fingerprint density at radius 2 is 1.76 bits per heavy atom. The van der Waals surface area contributed by atoms with Gasteiger partial charge >= 0.3 is 0 Å². The van der Waals surface area contributed by atoms with Crippen LogP contribution in [-0.2, 0) is 4.79 Å². The summed E-state index contributed by atoms with van der Waals surface area (Å²) in [7, 11) is 0. The fourth-order valence-electron chi connectivity index (χ4n) is 2.18. The predicted molar refractivity (Wildman–Crippen MR) is 83.3 cm³/mol. The van der Waals surface area contributed by atoms with E-state index in [2.05, 4.69) is 10.3 Å². The molecule has 21 heavy (non-hydrogen) atoms. The average molecular weight is 283 g/mol. The summed E-state index contributed by atoms with van der Waals surface area (Å²) in [5.41, 5.74) is 7.98. The van der Waals surface area contributed by atoms with Crippen molar-refractivity contribution in [1.82, 2.24) is 10.3 Å². The van der Waals surface area contributed by atoms with Crippen molar-refractivity contribution in [1.29, 1.82) is 0 Å². The number of hydrogen-bond donors (Lipinski definition) is 2. The molecule has 0 aliphatic rings. The van der Waals surface area contributed by atoms with Gasteiger partial charge in [0.25, 0.3) is 0 Å². The van der Waals surface area contributed by atoms with Gasteiger partial charge in [0.2, 0.25) is 5.91 Å². The summed E-state index contributed by atoms with van der Waals surface area (Å²) in [6.45, 7) is 3.76. The minimum absolute atomic E-state index is 0.0653. The zero-order valence-electron chi connectivity index (χ0n) is 12.4. The van der Waals surface area contributed by atoms with Gasteiger partial charge in [-0.1, -0.05) is 43.3 Å². The van der Waals surface area contributed by atoms with Crippen molar-refractivity contribution in [2.45, 2.75) is 25.9 Å². The van der Waals surface area contributed by atoms with Gasteiger partial charge in [-0.25, -0.2) is 0 Å². The van der Waals surface area contributed by atoms with Crippen molar-refractivity contribution in [3.05, 3.63) is 66.0 Å². The van der Waals surface area contributed by atoms with E-state index in [4.69, 9.17) is 5.73 Å². The zero-order chi connectivity index (χ0) is 15.2. The van der Waals surface area contributed by atoms with Crippen LogP contribution in [0.2, 0.25) is 0 Å². The largest absolute Gasteiger partial charge is 0.348 e. The van der Waals surface area contributed by atoms with E-state index in [1.54, 1.807) is 6.20 Å². The number of rotatable bonds is 5. The molecule has 0 aliphatic carbocycles. The molecule has 0 aliphatic heterocycles. The standard InChI is InChI=1S/C17H21N3O/c1-12(16(18)14-8-4-3-5-9-14)17(21)20-13(2)15-10-6-7-11-19-15/h3-13,16H,18H2,1-2H3,(H,20,21)/t12?,13-,16?/m1/s1. The SMILES string of the molecule is CC(C(=O)N[C@H](C)c1ccccn1)C(N)c1ccccc1. The normalized spacial score (nSPS) is 15.0. The van der Waals surface area contributed by atoms with Crippen LogP contribution in [-0.4, -0.2) is 10.9 Å². The highest BCUT2D eigenvalue weighted by Gasteiger charge is 2.23. The van der Waals surface area contributed by atoms with Crippen LogP contribution in [0.25, 0.3) is 0 Å². The molecule has 110 valence electrons. The van der Waals surface area contributed by atoms with E-state index in [1.807, 2.05) is 62.4 Å². The maximum atomic E-state index is 12.3. The number of nitrogens with zero attached hydrogens (tertiary/aromatic N) is 1. The molecule has 0 radical (unpaired) electrons. The summed E-state index contributed by atoms with van der Waals surface area (Å²) in [5, 5.41) is 2.97. The van der Waals surface area contributed by atoms with Crippen molar-refractivity contribution in [3.8, 4) is 0 Å². The predicted octanol–water partition coefficient (Wildman–Crippen LogP) is 2.59. The summed E-state index contributed by atoms with van der Waals surface area (Å²) in [6, 6.07) is 14.9. The number of pyridine rings is 1. The number of amides is 1. The van der Waals surface area contributed by atoms with Crippen LogP contribution in [0.5, 0.6) is 0 Å². The lowest BCUT2D eigenvalue weighted by atomic mass is 9.94. The molecule has 0 bridgehead atoms. The maximum absolute atomic E-state index is 12.3. The molecule has 1 heterocycles. The van der Waals surface area contributed by atoms with Crippen LogP contribution < -0.4 is 11.1 Å². The molecule has 1 amide bonds. The number of carbonyl (C=O) groups excluding carboxylic acids is 1. The summed E-state index contributed by atoms with van der Waals surface area (Å²) < 4.78 is 0. The molecule has 3 atom stereocenters. The molecule has 0 fully saturated rings. The Morgan fingerprint density at radius 3 is 2.38 bits per heavy atom. The second-order valence-corrected chi connectivity index (χ2v) is 5.21. The van der Waals surface area contributed by atoms with Crippen LogP contribution in [0.1, 0.15) is 37.2 Å². The summed E-state index contributed by atoms with van der Waals surface area (Å²) in [4.78, 5) is 16.6. The number of benzene rings is 1. The summed E-state index contributed by atoms with van der Waals surface area (Å²) in [5.74, 6) is -0.372. The Kier molecular flexibility index (Phi) is 5.06. The van der Waals surface area contributed by atoms with E-state index in [0.29, 0.717) is 0 Å². The van der Waals surface area contributed by atoms with Gasteiger partial charge in [-0.2, -0.15) is 0 Å². The van der Waals surface area contributed by atoms with Gasteiger partial charge in [0.15, 0.2) is 0 Å². The Balaban J connectivity index is 2.00. The third-order valence-electron chi connectivity index (χ3n) is 3.63. The van der Waals surface area contributed by atoms with Gasteiger partial charge in [0, 0.05) is 12.2 Å². The lowest BCUT2D eigenvalue weighted by molar-refractivity contribution is -0.125. The van der Waals surface area contributed by atoms with E-state index in [-0.39, 0.29) is 23.9 Å². The Hall–Kier alpha value is -2.20. The van der Waals surface area contributed by atoms with Gasteiger partial charge in [0.05, 0.1) is 17.7 Å². The van der Waals surface area contributed by atoms with Crippen LogP contribution in [0.15, 0.2) is 54.7 Å². The molecule has 2 rings (SSSR count). The number of carbonyl (C=O) groups is 1. The molecule has 4 nitrogen and oxygen atoms in total. The average Bonchev–Trinajstić information content (AvgIpc) is 2.55. The summed E-state index contributed by atoms with van der Waals surface area (Å²) >= 11 is 0. The van der Waals surface area contributed by atoms with Crippen LogP contribution in [0.4, 0.5) is 0 Å². The summed E-state index contributed by atoms with van der Waals surface area (Å²) in [6.07, 6.45) is 1.72. The minimum Gasteiger partial charge on any atom is -0.348 e. The molecule has 1 aromatic carbocycles. The van der Waals surface area contributed by atoms with Gasteiger partial charge in [-0.05, 0) is 24.6 Å². The highest BCUT2D eigenvalue weighted by atomic mass is 16.1. The van der Waals surface area contributed by atoms with Crippen molar-refractivity contribution in [2.75, 3.05) is 0 Å². The first-order valence-electron chi connectivity index (χ1n) is 7.11. The first kappa shape index (κ1) is 15.2. The molecule has 0 saturated carbocycles. The third kappa shape index (κ3) is 3.89. The molecule has 4 heteroatoms. The lowest BCUT2D eigenvalue weighted by Crippen LogP contribution is -2.37. The molecule has 3 N–H and O–H groups in total. The van der Waals surface area contributed by atoms with Crippen LogP contribution >= 0.6 is 0 Å². The van der Waals surface area contributed by atoms with E-state index in [9.17, 15) is 4.79 Å². The Bertz CT molecular complexity index is 571. The van der Waals surface area contributed by atoms with E-state index >= 15 is 0 Å². The number of nitrogens with two attached hydrogens (primary N) is 1. The van der Waals surface area contributed by atoms with Crippen LogP contribution in [0.3, 0.4) is 0 Å². The van der Waals surface area contributed by atoms with Gasteiger partial charge in [-0.3, -0.25) is 9.78 Å². The van der Waals surface area contributed by atoms with Gasteiger partial charge < -0.3 is 11.1 Å². The molecule has 0 saturated heterocycles. The molecular weight excluding hydrogens is 262 g/mol. The van der Waals surface area contributed by atoms with E-state index in [1.165, 1.54) is 0 Å². The quantitative estimate of drug-likeness (QED) is 0.886. The first-order valence-corrected chi connectivity index (χ1v) is 7.11. The Labute approximate surface area is 125 Å². The maximum Gasteiger partial charge on any atom is 0.225 e. The number of aromatic nitrogens is 1. The Morgan fingerprint density at radius 1 is 1.10 bits per heavy atom. The highest BCUT2D eigenvalue weighted by molar-refractivity contribution is 5.79. The topological polar surface area (TPSA) is 68.0 Å². The first-order chi connectivity index (χ1) is 10.1. The number of nitrogens with one attached hydrogen (secondary N) is 1. The molecule has 0 spiro atoms. The second-order valence-electron chi connectivity index (χ2n) is 5.21. The van der Waals surface area contributed by atoms with Crippen molar-refractivity contribution < 1.29 is 4.79 Å². The third-order valence-corrected chi connectivity index (χ3v) is 3.63. The highest BCUT2D eigenvalue weighted by Crippen LogP contribution is 2.20. The fraction of sp³-hybridized carbons (Fsp3) is 0.294. The molecule has 1 aromatic heterocycles. The fourth-order valence-corrected chi connectivity index (χ4v) is 2.18. The van der Waals surface area contributed by atoms with E-state index in [0.717, 1.165) is 11.3 Å². The van der Waals surface area contributed by atoms with Crippen molar-refractivity contribution in [3.63, 3.8) is 0 Å². The van der Waals surface area contributed by atoms with Gasteiger partial charge in [-0.15, -0.1) is 0 Å². The molecular formula is C17H21N3O. The smallest absolute Gasteiger partial charge is 0.225 e. The monoisotopic (exact) mass is 283 g/mol. The lowest BCUT2D eigenvalue weighted by Gasteiger charge is -2.22. The van der Waals surface area contributed by atoms with Crippen molar-refractivity contribution >= 4 is 5.91 Å². The minimum atomic E-state index is -0.317. The second kappa shape index (κ2) is 6.99. The number of hydrogen-bond acceptors (Lipinski definition) is 3. The van der Waals surface area contributed by atoms with Crippen LogP contribution in [0, 0.1) is 5.92 Å². The molecule has 2 aromatic rings. The van der Waals surface area contributed by atoms with Crippen molar-refractivity contribution in [2.24, 2.45) is 11.7 Å². The van der Waals surface area contributed by atoms with E-state index < -0.39 is 0 Å².